The fourth-order valence-corrected chi connectivity index (χ4v) is 14.5. The number of unbranched alkanes of at least 4 members (excludes halogenated alkanes) is 68. The molecule has 0 aromatic rings. The first kappa shape index (κ1) is 90.9. The lowest BCUT2D eigenvalue weighted by molar-refractivity contribution is -0.302. The summed E-state index contributed by atoms with van der Waals surface area (Å²) in [6, 6.07) is -0.803. The van der Waals surface area contributed by atoms with Gasteiger partial charge >= 0.3 is 0 Å². The number of nitrogens with one attached hydrogen (secondary N) is 1. The standard InChI is InChI=1S/C85H167NO8/c1-3-5-7-9-11-13-15-17-19-21-23-25-27-29-31-33-35-36-37-38-39-40-41-42-43-45-47-49-51-53-55-57-59-61-63-65-67-69-71-73-75-81(89)86-78(77-93-85-84(92)83(91)82(90)80(76-87)94-85)79(88)74-72-70-68-66-64-62-60-58-56-54-52-50-48-46-44-34-32-30-28-26-24-22-20-18-16-14-12-10-8-6-4-2/h72,74,78-80,82-85,87-88,90-92H,3-71,73,75-77H2,1-2H3,(H,86,89)/b74-72+. The molecule has 0 aliphatic carbocycles. The van der Waals surface area contributed by atoms with E-state index in [-0.39, 0.29) is 12.5 Å². The second-order valence-corrected chi connectivity index (χ2v) is 30.4. The predicted octanol–water partition coefficient (Wildman–Crippen LogP) is 24.9. The average Bonchev–Trinajstić information content (AvgIpc) is 0.829. The molecule has 9 heteroatoms. The van der Waals surface area contributed by atoms with Crippen molar-refractivity contribution in [2.75, 3.05) is 13.2 Å². The maximum absolute atomic E-state index is 13.2. The highest BCUT2D eigenvalue weighted by molar-refractivity contribution is 5.76. The first-order valence-electron chi connectivity index (χ1n) is 42.9. The second kappa shape index (κ2) is 74.6. The fraction of sp³-hybridized carbons (Fsp3) is 0.965. The molecule has 1 amide bonds. The summed E-state index contributed by atoms with van der Waals surface area (Å²) in [6.45, 7) is 3.86. The summed E-state index contributed by atoms with van der Waals surface area (Å²) < 4.78 is 11.4. The minimum Gasteiger partial charge on any atom is -0.394 e. The third-order valence-electron chi connectivity index (χ3n) is 21.1. The van der Waals surface area contributed by atoms with E-state index in [9.17, 15) is 30.3 Å². The molecule has 1 saturated heterocycles. The molecule has 560 valence electrons. The van der Waals surface area contributed by atoms with Crippen LogP contribution in [0, 0.1) is 0 Å². The van der Waals surface area contributed by atoms with E-state index >= 15 is 0 Å². The monoisotopic (exact) mass is 1330 g/mol. The van der Waals surface area contributed by atoms with Gasteiger partial charge in [-0.05, 0) is 19.3 Å². The van der Waals surface area contributed by atoms with Crippen molar-refractivity contribution in [2.24, 2.45) is 0 Å². The number of carbonyl (C=O) groups is 1. The summed E-state index contributed by atoms with van der Waals surface area (Å²) in [5.74, 6) is -0.164. The van der Waals surface area contributed by atoms with E-state index in [1.54, 1.807) is 6.08 Å². The van der Waals surface area contributed by atoms with Crippen LogP contribution < -0.4 is 5.32 Å². The van der Waals surface area contributed by atoms with Crippen molar-refractivity contribution < 1.29 is 39.8 Å². The van der Waals surface area contributed by atoms with E-state index in [1.807, 2.05) is 6.08 Å². The molecule has 7 atom stereocenters. The smallest absolute Gasteiger partial charge is 0.220 e. The third kappa shape index (κ3) is 62.0. The van der Waals surface area contributed by atoms with E-state index < -0.39 is 49.5 Å². The molecule has 1 rings (SSSR count). The van der Waals surface area contributed by atoms with Gasteiger partial charge in [-0.25, -0.2) is 0 Å². The quantitative estimate of drug-likeness (QED) is 0.0261. The number of rotatable bonds is 78. The van der Waals surface area contributed by atoms with Gasteiger partial charge in [0.15, 0.2) is 6.29 Å². The van der Waals surface area contributed by atoms with Crippen LogP contribution in [-0.4, -0.2) is 87.5 Å². The summed E-state index contributed by atoms with van der Waals surface area (Å²) in [6.07, 6.45) is 92.6. The molecule has 1 heterocycles. The van der Waals surface area contributed by atoms with Crippen molar-refractivity contribution in [1.29, 1.82) is 0 Å². The van der Waals surface area contributed by atoms with Crippen LogP contribution in [0.1, 0.15) is 470 Å². The van der Waals surface area contributed by atoms with E-state index in [2.05, 4.69) is 19.2 Å². The molecule has 6 N–H and O–H groups in total. The van der Waals surface area contributed by atoms with Crippen LogP contribution in [0.2, 0.25) is 0 Å². The highest BCUT2D eigenvalue weighted by atomic mass is 16.7. The van der Waals surface area contributed by atoms with Crippen molar-refractivity contribution >= 4 is 5.91 Å². The summed E-state index contributed by atoms with van der Waals surface area (Å²) in [5.41, 5.74) is 0. The Morgan fingerprint density at radius 1 is 0.351 bits per heavy atom. The minimum atomic E-state index is -1.57. The van der Waals surface area contributed by atoms with Crippen LogP contribution >= 0.6 is 0 Å². The van der Waals surface area contributed by atoms with Crippen molar-refractivity contribution in [3.63, 3.8) is 0 Å². The average molecular weight is 1330 g/mol. The maximum Gasteiger partial charge on any atom is 0.220 e. The van der Waals surface area contributed by atoms with Gasteiger partial charge in [-0.2, -0.15) is 0 Å². The summed E-state index contributed by atoms with van der Waals surface area (Å²) in [5, 5.41) is 55.0. The largest absolute Gasteiger partial charge is 0.394 e. The number of carbonyl (C=O) groups excluding carboxylic acids is 1. The molecule has 1 fully saturated rings. The number of amides is 1. The molecule has 0 spiro atoms. The van der Waals surface area contributed by atoms with Crippen molar-refractivity contribution in [1.82, 2.24) is 5.32 Å². The van der Waals surface area contributed by atoms with Crippen molar-refractivity contribution in [3.8, 4) is 0 Å². The molecule has 0 aromatic heterocycles. The molecule has 9 nitrogen and oxygen atoms in total. The molecule has 1 aliphatic rings. The highest BCUT2D eigenvalue weighted by Gasteiger charge is 2.44. The van der Waals surface area contributed by atoms with Crippen LogP contribution in [0.5, 0.6) is 0 Å². The molecule has 0 saturated carbocycles. The van der Waals surface area contributed by atoms with Gasteiger partial charge in [0.25, 0.3) is 0 Å². The molecule has 7 unspecified atom stereocenters. The SMILES string of the molecule is CCCCCCCCCCCCCCCCCCCCCCCCCCCCCCC/C=C/C(O)C(COC1OC(CO)C(O)C(O)C1O)NC(=O)CCCCCCCCCCCCCCCCCCCCCCCCCCCCCCCCCCCCCCCCCC. The lowest BCUT2D eigenvalue weighted by Crippen LogP contribution is -2.60. The second-order valence-electron chi connectivity index (χ2n) is 30.4. The van der Waals surface area contributed by atoms with Gasteiger partial charge in [-0.3, -0.25) is 4.79 Å². The fourth-order valence-electron chi connectivity index (χ4n) is 14.5. The molecule has 0 radical (unpaired) electrons. The Hall–Kier alpha value is -1.07. The highest BCUT2D eigenvalue weighted by Crippen LogP contribution is 2.25. The number of hydrogen-bond acceptors (Lipinski definition) is 8. The first-order chi connectivity index (χ1) is 46.3. The van der Waals surface area contributed by atoms with Gasteiger partial charge in [0, 0.05) is 6.42 Å². The Labute approximate surface area is 586 Å². The summed E-state index contributed by atoms with van der Waals surface area (Å²) in [4.78, 5) is 13.2. The number of aliphatic hydroxyl groups is 5. The Bertz CT molecular complexity index is 1500. The lowest BCUT2D eigenvalue weighted by Gasteiger charge is -2.40. The number of hydrogen-bond donors (Lipinski definition) is 6. The number of ether oxygens (including phenoxy) is 2. The number of aliphatic hydroxyl groups excluding tert-OH is 5. The molecule has 0 aromatic carbocycles. The topological polar surface area (TPSA) is 149 Å². The van der Waals surface area contributed by atoms with E-state index in [0.29, 0.717) is 6.42 Å². The van der Waals surface area contributed by atoms with Gasteiger partial charge < -0.3 is 40.3 Å². The van der Waals surface area contributed by atoms with Crippen LogP contribution in [0.4, 0.5) is 0 Å². The van der Waals surface area contributed by atoms with Crippen molar-refractivity contribution in [2.45, 2.75) is 513 Å². The van der Waals surface area contributed by atoms with Gasteiger partial charge in [0.05, 0.1) is 25.4 Å². The third-order valence-corrected chi connectivity index (χ3v) is 21.1. The van der Waals surface area contributed by atoms with Gasteiger partial charge in [0.2, 0.25) is 5.91 Å². The van der Waals surface area contributed by atoms with Gasteiger partial charge in [0.1, 0.15) is 24.4 Å². The van der Waals surface area contributed by atoms with Crippen molar-refractivity contribution in [3.05, 3.63) is 12.2 Å². The lowest BCUT2D eigenvalue weighted by atomic mass is 9.99. The summed E-state index contributed by atoms with van der Waals surface area (Å²) >= 11 is 0. The van der Waals surface area contributed by atoms with Gasteiger partial charge in [-0.15, -0.1) is 0 Å². The number of allylic oxidation sites excluding steroid dienone is 1. The molecule has 0 bridgehead atoms. The zero-order valence-electron chi connectivity index (χ0n) is 63.3. The molecule has 1 aliphatic heterocycles. The van der Waals surface area contributed by atoms with Crippen LogP contribution in [0.25, 0.3) is 0 Å². The molecular weight excluding hydrogens is 1160 g/mol. The zero-order chi connectivity index (χ0) is 67.8. The van der Waals surface area contributed by atoms with Crippen LogP contribution in [-0.2, 0) is 14.3 Å². The van der Waals surface area contributed by atoms with Gasteiger partial charge in [-0.1, -0.05) is 456 Å². The minimum absolute atomic E-state index is 0.164. The molecular formula is C85H167NO8. The van der Waals surface area contributed by atoms with E-state index in [0.717, 1.165) is 38.5 Å². The normalized spacial score (nSPS) is 17.5. The Morgan fingerprint density at radius 3 is 0.830 bits per heavy atom. The Balaban J connectivity index is 2.02. The van der Waals surface area contributed by atoms with E-state index in [1.165, 1.54) is 411 Å². The maximum atomic E-state index is 13.2. The first-order valence-corrected chi connectivity index (χ1v) is 42.9. The summed E-state index contributed by atoms with van der Waals surface area (Å²) in [7, 11) is 0. The predicted molar refractivity (Wildman–Crippen MR) is 406 cm³/mol. The van der Waals surface area contributed by atoms with Crippen LogP contribution in [0.3, 0.4) is 0 Å². The zero-order valence-corrected chi connectivity index (χ0v) is 63.3. The molecule has 94 heavy (non-hydrogen) atoms. The Morgan fingerprint density at radius 2 is 0.585 bits per heavy atom. The van der Waals surface area contributed by atoms with Crippen LogP contribution in [0.15, 0.2) is 12.2 Å². The van der Waals surface area contributed by atoms with E-state index in [4.69, 9.17) is 9.47 Å². The Kier molecular flexibility index (Phi) is 72.2.